The van der Waals surface area contributed by atoms with Gasteiger partial charge in [-0.3, -0.25) is 0 Å². The fourth-order valence-electron chi connectivity index (χ4n) is 1.25. The molecule has 0 bridgehead atoms. The Labute approximate surface area is 102 Å². The Kier molecular flexibility index (Phi) is 3.30. The number of ether oxygens (including phenoxy) is 1. The average molecular weight is 254 g/mol. The van der Waals surface area contributed by atoms with E-state index in [0.29, 0.717) is 10.8 Å². The fraction of sp³-hybridized carbons (Fsp3) is 0.0909. The maximum atomic E-state index is 10.8. The van der Waals surface area contributed by atoms with E-state index in [0.717, 1.165) is 6.20 Å². The summed E-state index contributed by atoms with van der Waals surface area (Å²) in [6, 6.07) is 6.78. The highest BCUT2D eigenvalue weighted by Gasteiger charge is 2.15. The number of carbonyl (C=O) groups is 1. The minimum Gasteiger partial charge on any atom is -0.485 e. The summed E-state index contributed by atoms with van der Waals surface area (Å²) >= 11 is 5.78. The summed E-state index contributed by atoms with van der Waals surface area (Å²) in [5.41, 5.74) is -0.00738. The van der Waals surface area contributed by atoms with Gasteiger partial charge in [0.1, 0.15) is 17.9 Å². The zero-order valence-corrected chi connectivity index (χ0v) is 9.35. The van der Waals surface area contributed by atoms with Gasteiger partial charge in [0.15, 0.2) is 5.76 Å². The van der Waals surface area contributed by atoms with Crippen LogP contribution < -0.4 is 4.74 Å². The molecule has 0 aliphatic carbocycles. The van der Waals surface area contributed by atoms with E-state index in [1.807, 2.05) is 0 Å². The standard InChI is InChI=1S/C11H8ClNO4/c12-7-2-1-3-8(4-7)16-6-10-9(11(14)15)5-13-17-10/h1-5H,6H2,(H,14,15). The molecule has 17 heavy (non-hydrogen) atoms. The molecule has 5 nitrogen and oxygen atoms in total. The molecule has 0 atom stereocenters. The average Bonchev–Trinajstić information content (AvgIpc) is 2.74. The first-order chi connectivity index (χ1) is 8.16. The Balaban J connectivity index is 2.07. The molecule has 0 aliphatic heterocycles. The van der Waals surface area contributed by atoms with E-state index in [1.165, 1.54) is 0 Å². The highest BCUT2D eigenvalue weighted by atomic mass is 35.5. The lowest BCUT2D eigenvalue weighted by atomic mass is 10.3. The summed E-state index contributed by atoms with van der Waals surface area (Å²) in [5.74, 6) is -0.404. The van der Waals surface area contributed by atoms with E-state index in [9.17, 15) is 4.79 Å². The fourth-order valence-corrected chi connectivity index (χ4v) is 1.43. The molecule has 0 saturated carbocycles. The molecule has 0 aliphatic rings. The monoisotopic (exact) mass is 253 g/mol. The van der Waals surface area contributed by atoms with Crippen molar-refractivity contribution in [2.45, 2.75) is 6.61 Å². The normalized spacial score (nSPS) is 10.2. The number of hydrogen-bond acceptors (Lipinski definition) is 4. The minimum absolute atomic E-state index is 0.00738. The third-order valence-electron chi connectivity index (χ3n) is 2.04. The van der Waals surface area contributed by atoms with Crippen molar-refractivity contribution >= 4 is 17.6 Å². The molecule has 2 aromatic rings. The first-order valence-corrected chi connectivity index (χ1v) is 5.10. The number of nitrogens with zero attached hydrogens (tertiary/aromatic N) is 1. The van der Waals surface area contributed by atoms with Gasteiger partial charge in [0.25, 0.3) is 0 Å². The van der Waals surface area contributed by atoms with Crippen molar-refractivity contribution in [3.05, 3.63) is 46.8 Å². The van der Waals surface area contributed by atoms with Gasteiger partial charge < -0.3 is 14.4 Å². The molecule has 1 aromatic carbocycles. The van der Waals surface area contributed by atoms with E-state index in [2.05, 4.69) is 5.16 Å². The van der Waals surface area contributed by atoms with Crippen LogP contribution in [0.1, 0.15) is 16.1 Å². The van der Waals surface area contributed by atoms with Gasteiger partial charge in [-0.1, -0.05) is 22.8 Å². The van der Waals surface area contributed by atoms with Crippen LogP contribution in [0, 0.1) is 0 Å². The topological polar surface area (TPSA) is 72.6 Å². The van der Waals surface area contributed by atoms with Crippen LogP contribution in [0.15, 0.2) is 35.0 Å². The molecule has 6 heteroatoms. The van der Waals surface area contributed by atoms with E-state index in [1.54, 1.807) is 24.3 Å². The van der Waals surface area contributed by atoms with Gasteiger partial charge in [0.05, 0.1) is 6.20 Å². The van der Waals surface area contributed by atoms with Crippen molar-refractivity contribution in [1.29, 1.82) is 0 Å². The summed E-state index contributed by atoms with van der Waals surface area (Å²) < 4.78 is 10.1. The van der Waals surface area contributed by atoms with Gasteiger partial charge in [-0.2, -0.15) is 0 Å². The lowest BCUT2D eigenvalue weighted by Crippen LogP contribution is -2.02. The van der Waals surface area contributed by atoms with Gasteiger partial charge in [-0.15, -0.1) is 0 Å². The molecule has 0 saturated heterocycles. The molecular formula is C11H8ClNO4. The second-order valence-electron chi connectivity index (χ2n) is 3.21. The Morgan fingerprint density at radius 2 is 2.35 bits per heavy atom. The first-order valence-electron chi connectivity index (χ1n) is 4.72. The van der Waals surface area contributed by atoms with Gasteiger partial charge in [-0.05, 0) is 18.2 Å². The molecule has 1 N–H and O–H groups in total. The Morgan fingerprint density at radius 1 is 1.53 bits per heavy atom. The lowest BCUT2D eigenvalue weighted by Gasteiger charge is -2.04. The van der Waals surface area contributed by atoms with Crippen molar-refractivity contribution in [2.75, 3.05) is 0 Å². The number of hydrogen-bond donors (Lipinski definition) is 1. The number of halogens is 1. The Hall–Kier alpha value is -2.01. The predicted octanol–water partition coefficient (Wildman–Crippen LogP) is 2.61. The third kappa shape index (κ3) is 2.76. The van der Waals surface area contributed by atoms with Crippen molar-refractivity contribution in [2.24, 2.45) is 0 Å². The highest BCUT2D eigenvalue weighted by Crippen LogP contribution is 2.19. The summed E-state index contributed by atoms with van der Waals surface area (Å²) in [7, 11) is 0. The van der Waals surface area contributed by atoms with Crippen LogP contribution in [0.5, 0.6) is 5.75 Å². The van der Waals surface area contributed by atoms with Gasteiger partial charge >= 0.3 is 5.97 Å². The molecular weight excluding hydrogens is 246 g/mol. The SMILES string of the molecule is O=C(O)c1cnoc1COc1cccc(Cl)c1. The molecule has 2 rings (SSSR count). The molecule has 0 radical (unpaired) electrons. The molecule has 0 amide bonds. The number of aromatic carboxylic acids is 1. The van der Waals surface area contributed by atoms with Gasteiger partial charge in [0.2, 0.25) is 0 Å². The summed E-state index contributed by atoms with van der Waals surface area (Å²) in [6.45, 7) is -0.0119. The van der Waals surface area contributed by atoms with Crippen LogP contribution in [0.2, 0.25) is 5.02 Å². The van der Waals surface area contributed by atoms with Crippen LogP contribution in [-0.4, -0.2) is 16.2 Å². The number of aromatic nitrogens is 1. The first kappa shape index (κ1) is 11.5. The maximum Gasteiger partial charge on any atom is 0.341 e. The number of benzene rings is 1. The van der Waals surface area contributed by atoms with Crippen LogP contribution in [0.3, 0.4) is 0 Å². The highest BCUT2D eigenvalue weighted by molar-refractivity contribution is 6.30. The number of carboxylic acid groups (broad SMARTS) is 1. The van der Waals surface area contributed by atoms with Crippen LogP contribution >= 0.6 is 11.6 Å². The summed E-state index contributed by atoms with van der Waals surface area (Å²) in [5, 5.41) is 12.8. The van der Waals surface area contributed by atoms with Crippen LogP contribution in [0.25, 0.3) is 0 Å². The second kappa shape index (κ2) is 4.88. The maximum absolute atomic E-state index is 10.8. The zero-order valence-electron chi connectivity index (χ0n) is 8.59. The zero-order chi connectivity index (χ0) is 12.3. The van der Waals surface area contributed by atoms with Crippen LogP contribution in [-0.2, 0) is 6.61 Å². The van der Waals surface area contributed by atoms with E-state index in [-0.39, 0.29) is 17.9 Å². The van der Waals surface area contributed by atoms with E-state index in [4.69, 9.17) is 26.0 Å². The smallest absolute Gasteiger partial charge is 0.341 e. The van der Waals surface area contributed by atoms with Crippen molar-refractivity contribution in [1.82, 2.24) is 5.16 Å². The number of rotatable bonds is 4. The van der Waals surface area contributed by atoms with E-state index < -0.39 is 5.97 Å². The predicted molar refractivity (Wildman–Crippen MR) is 59.2 cm³/mol. The van der Waals surface area contributed by atoms with E-state index >= 15 is 0 Å². The lowest BCUT2D eigenvalue weighted by molar-refractivity contribution is 0.0691. The Bertz CT molecular complexity index is 538. The third-order valence-corrected chi connectivity index (χ3v) is 2.28. The molecule has 0 spiro atoms. The van der Waals surface area contributed by atoms with Crippen LogP contribution in [0.4, 0.5) is 0 Å². The molecule has 0 unspecified atom stereocenters. The molecule has 1 aromatic heterocycles. The van der Waals surface area contributed by atoms with Gasteiger partial charge in [-0.25, -0.2) is 4.79 Å². The summed E-state index contributed by atoms with van der Waals surface area (Å²) in [4.78, 5) is 10.8. The van der Waals surface area contributed by atoms with Gasteiger partial charge in [0, 0.05) is 5.02 Å². The largest absolute Gasteiger partial charge is 0.485 e. The summed E-state index contributed by atoms with van der Waals surface area (Å²) in [6.07, 6.45) is 1.14. The second-order valence-corrected chi connectivity index (χ2v) is 3.65. The molecule has 0 fully saturated rings. The van der Waals surface area contributed by atoms with Crippen molar-refractivity contribution < 1.29 is 19.2 Å². The molecule has 1 heterocycles. The minimum atomic E-state index is -1.10. The van der Waals surface area contributed by atoms with Crippen molar-refractivity contribution in [3.8, 4) is 5.75 Å². The van der Waals surface area contributed by atoms with Crippen molar-refractivity contribution in [3.63, 3.8) is 0 Å². The number of carboxylic acids is 1. The quantitative estimate of drug-likeness (QED) is 0.907. The Morgan fingerprint density at radius 3 is 3.06 bits per heavy atom. The molecule has 88 valence electrons.